The molecular formula is C19H19BrN6OS. The number of carbonyl (C=O) groups excluding carboxylic acids is 1. The fourth-order valence-corrected chi connectivity index (χ4v) is 3.24. The van der Waals surface area contributed by atoms with Gasteiger partial charge in [0.2, 0.25) is 0 Å². The molecule has 0 bridgehead atoms. The van der Waals surface area contributed by atoms with Crippen LogP contribution >= 0.6 is 27.7 Å². The second-order valence-corrected chi connectivity index (χ2v) is 7.67. The number of hydrazone groups is 1. The minimum absolute atomic E-state index is 0.199. The van der Waals surface area contributed by atoms with Gasteiger partial charge in [0.05, 0.1) is 18.5 Å². The number of halogens is 1. The van der Waals surface area contributed by atoms with Gasteiger partial charge in [-0.1, -0.05) is 58.0 Å². The maximum absolute atomic E-state index is 11.9. The SMILES string of the molecule is Cn1c(CNc2ccc(Br)cc2)nnc1SCC(=O)N/N=C/c1ccccc1. The van der Waals surface area contributed by atoms with Crippen molar-refractivity contribution in [1.82, 2.24) is 20.2 Å². The Morgan fingerprint density at radius 3 is 2.68 bits per heavy atom. The van der Waals surface area contributed by atoms with Crippen molar-refractivity contribution in [3.63, 3.8) is 0 Å². The zero-order valence-electron chi connectivity index (χ0n) is 15.2. The summed E-state index contributed by atoms with van der Waals surface area (Å²) in [6.45, 7) is 0.541. The van der Waals surface area contributed by atoms with E-state index < -0.39 is 0 Å². The molecule has 0 radical (unpaired) electrons. The molecule has 9 heteroatoms. The van der Waals surface area contributed by atoms with Crippen LogP contribution in [-0.4, -0.2) is 32.6 Å². The number of aromatic nitrogens is 3. The van der Waals surface area contributed by atoms with Crippen molar-refractivity contribution in [2.75, 3.05) is 11.1 Å². The molecule has 1 heterocycles. The molecule has 0 unspecified atom stereocenters. The van der Waals surface area contributed by atoms with Gasteiger partial charge < -0.3 is 9.88 Å². The van der Waals surface area contributed by atoms with Crippen LogP contribution in [0.4, 0.5) is 5.69 Å². The Bertz CT molecular complexity index is 943. The molecule has 0 aliphatic rings. The van der Waals surface area contributed by atoms with Gasteiger partial charge in [-0.2, -0.15) is 5.10 Å². The van der Waals surface area contributed by atoms with Gasteiger partial charge in [-0.3, -0.25) is 4.79 Å². The predicted molar refractivity (Wildman–Crippen MR) is 115 cm³/mol. The van der Waals surface area contributed by atoms with Crippen LogP contribution in [0.15, 0.2) is 69.3 Å². The molecule has 3 aromatic rings. The van der Waals surface area contributed by atoms with Crippen LogP contribution in [0.1, 0.15) is 11.4 Å². The number of hydrogen-bond donors (Lipinski definition) is 2. The molecule has 2 aromatic carbocycles. The molecule has 28 heavy (non-hydrogen) atoms. The highest BCUT2D eigenvalue weighted by Crippen LogP contribution is 2.17. The molecule has 1 amide bonds. The van der Waals surface area contributed by atoms with Crippen molar-refractivity contribution in [3.05, 3.63) is 70.5 Å². The largest absolute Gasteiger partial charge is 0.378 e. The second-order valence-electron chi connectivity index (χ2n) is 5.81. The molecule has 0 fully saturated rings. The fourth-order valence-electron chi connectivity index (χ4n) is 2.25. The normalized spacial score (nSPS) is 10.9. The van der Waals surface area contributed by atoms with E-state index in [0.717, 1.165) is 21.5 Å². The smallest absolute Gasteiger partial charge is 0.250 e. The Hall–Kier alpha value is -2.65. The molecule has 0 spiro atoms. The molecular weight excluding hydrogens is 440 g/mol. The first-order valence-corrected chi connectivity index (χ1v) is 10.3. The Balaban J connectivity index is 1.46. The Morgan fingerprint density at radius 2 is 1.93 bits per heavy atom. The van der Waals surface area contributed by atoms with Crippen LogP contribution in [-0.2, 0) is 18.4 Å². The Labute approximate surface area is 175 Å². The lowest BCUT2D eigenvalue weighted by Gasteiger charge is -2.07. The fraction of sp³-hybridized carbons (Fsp3) is 0.158. The summed E-state index contributed by atoms with van der Waals surface area (Å²) in [5.74, 6) is 0.792. The highest BCUT2D eigenvalue weighted by Gasteiger charge is 2.11. The maximum Gasteiger partial charge on any atom is 0.250 e. The zero-order chi connectivity index (χ0) is 19.8. The number of rotatable bonds is 8. The minimum Gasteiger partial charge on any atom is -0.378 e. The summed E-state index contributed by atoms with van der Waals surface area (Å²) in [6.07, 6.45) is 1.61. The third-order valence-electron chi connectivity index (χ3n) is 3.75. The number of carbonyl (C=O) groups is 1. The van der Waals surface area contributed by atoms with E-state index in [9.17, 15) is 4.79 Å². The number of nitrogens with zero attached hydrogens (tertiary/aromatic N) is 4. The summed E-state index contributed by atoms with van der Waals surface area (Å²) < 4.78 is 2.90. The Morgan fingerprint density at radius 1 is 1.18 bits per heavy atom. The summed E-state index contributed by atoms with van der Waals surface area (Å²) >= 11 is 4.73. The van der Waals surface area contributed by atoms with Crippen molar-refractivity contribution in [2.24, 2.45) is 12.1 Å². The van der Waals surface area contributed by atoms with Crippen LogP contribution < -0.4 is 10.7 Å². The standard InChI is InChI=1S/C19H19BrN6OS/c1-26-17(12-21-16-9-7-15(20)8-10-16)23-25-19(26)28-13-18(27)24-22-11-14-5-3-2-4-6-14/h2-11,21H,12-13H2,1H3,(H,24,27)/b22-11+. The number of benzene rings is 2. The van der Waals surface area contributed by atoms with Crippen molar-refractivity contribution >= 4 is 45.5 Å². The molecule has 144 valence electrons. The van der Waals surface area contributed by atoms with Gasteiger partial charge in [0, 0.05) is 17.2 Å². The number of anilines is 1. The molecule has 0 saturated heterocycles. The molecule has 0 atom stereocenters. The van der Waals surface area contributed by atoms with E-state index in [1.807, 2.05) is 66.2 Å². The molecule has 0 aliphatic carbocycles. The van der Waals surface area contributed by atoms with Crippen molar-refractivity contribution in [3.8, 4) is 0 Å². The first-order chi connectivity index (χ1) is 13.6. The molecule has 0 saturated carbocycles. The molecule has 0 aliphatic heterocycles. The van der Waals surface area contributed by atoms with E-state index in [1.54, 1.807) is 6.21 Å². The van der Waals surface area contributed by atoms with Gasteiger partial charge in [-0.05, 0) is 29.8 Å². The lowest BCUT2D eigenvalue weighted by molar-refractivity contribution is -0.118. The average Bonchev–Trinajstić information content (AvgIpc) is 3.06. The Kier molecular flexibility index (Phi) is 7.21. The van der Waals surface area contributed by atoms with Gasteiger partial charge in [0.1, 0.15) is 0 Å². The van der Waals surface area contributed by atoms with E-state index in [4.69, 9.17) is 0 Å². The van der Waals surface area contributed by atoms with Crippen LogP contribution in [0.25, 0.3) is 0 Å². The summed E-state index contributed by atoms with van der Waals surface area (Å²) in [4.78, 5) is 11.9. The van der Waals surface area contributed by atoms with Crippen LogP contribution in [0.3, 0.4) is 0 Å². The lowest BCUT2D eigenvalue weighted by Crippen LogP contribution is -2.20. The van der Waals surface area contributed by atoms with E-state index >= 15 is 0 Å². The summed E-state index contributed by atoms with van der Waals surface area (Å²) in [6, 6.07) is 17.5. The highest BCUT2D eigenvalue weighted by atomic mass is 79.9. The number of nitrogens with one attached hydrogen (secondary N) is 2. The summed E-state index contributed by atoms with van der Waals surface area (Å²) in [7, 11) is 1.88. The topological polar surface area (TPSA) is 84.2 Å². The van der Waals surface area contributed by atoms with Gasteiger partial charge in [0.25, 0.3) is 5.91 Å². The minimum atomic E-state index is -0.199. The van der Waals surface area contributed by atoms with E-state index in [1.165, 1.54) is 11.8 Å². The number of hydrogen-bond acceptors (Lipinski definition) is 6. The monoisotopic (exact) mass is 458 g/mol. The third kappa shape index (κ3) is 5.93. The van der Waals surface area contributed by atoms with Gasteiger partial charge in [0.15, 0.2) is 11.0 Å². The first kappa shape index (κ1) is 20.1. The van der Waals surface area contributed by atoms with Gasteiger partial charge >= 0.3 is 0 Å². The highest BCUT2D eigenvalue weighted by molar-refractivity contribution is 9.10. The molecule has 3 rings (SSSR count). The predicted octanol–water partition coefficient (Wildman–Crippen LogP) is 3.43. The maximum atomic E-state index is 11.9. The summed E-state index contributed by atoms with van der Waals surface area (Å²) in [5.41, 5.74) is 4.43. The lowest BCUT2D eigenvalue weighted by atomic mass is 10.2. The van der Waals surface area contributed by atoms with Crippen molar-refractivity contribution in [2.45, 2.75) is 11.7 Å². The average molecular weight is 459 g/mol. The molecule has 1 aromatic heterocycles. The van der Waals surface area contributed by atoms with Crippen molar-refractivity contribution < 1.29 is 4.79 Å². The first-order valence-electron chi connectivity index (χ1n) is 8.49. The number of thioether (sulfide) groups is 1. The van der Waals surface area contributed by atoms with Crippen LogP contribution in [0.2, 0.25) is 0 Å². The van der Waals surface area contributed by atoms with Crippen LogP contribution in [0.5, 0.6) is 0 Å². The number of amides is 1. The quantitative estimate of drug-likeness (QED) is 0.306. The van der Waals surface area contributed by atoms with E-state index in [-0.39, 0.29) is 11.7 Å². The zero-order valence-corrected chi connectivity index (χ0v) is 17.6. The third-order valence-corrected chi connectivity index (χ3v) is 5.30. The summed E-state index contributed by atoms with van der Waals surface area (Å²) in [5, 5.41) is 16.3. The molecule has 7 nitrogen and oxygen atoms in total. The van der Waals surface area contributed by atoms with Gasteiger partial charge in [-0.15, -0.1) is 10.2 Å². The van der Waals surface area contributed by atoms with Gasteiger partial charge in [-0.25, -0.2) is 5.43 Å². The van der Waals surface area contributed by atoms with Crippen LogP contribution in [0, 0.1) is 0 Å². The van der Waals surface area contributed by atoms with Crippen molar-refractivity contribution in [1.29, 1.82) is 0 Å². The van der Waals surface area contributed by atoms with E-state index in [2.05, 4.69) is 42.0 Å². The second kappa shape index (κ2) is 10.0. The van der Waals surface area contributed by atoms with E-state index in [0.29, 0.717) is 11.7 Å². The molecule has 2 N–H and O–H groups in total.